The third-order valence-corrected chi connectivity index (χ3v) is 6.74. The van der Waals surface area contributed by atoms with Crippen molar-refractivity contribution < 1.29 is 9.53 Å². The summed E-state index contributed by atoms with van der Waals surface area (Å²) in [5, 5.41) is 1.15. The van der Waals surface area contributed by atoms with Crippen molar-refractivity contribution in [2.45, 2.75) is 38.5 Å². The van der Waals surface area contributed by atoms with Crippen LogP contribution < -0.4 is 4.74 Å². The topological polar surface area (TPSA) is 45.7 Å². The van der Waals surface area contributed by atoms with E-state index < -0.39 is 0 Å². The lowest BCUT2D eigenvalue weighted by Crippen LogP contribution is -2.43. The van der Waals surface area contributed by atoms with Crippen LogP contribution in [-0.2, 0) is 4.79 Å². The summed E-state index contributed by atoms with van der Waals surface area (Å²) in [5.41, 5.74) is 2.20. The van der Waals surface area contributed by atoms with E-state index in [1.165, 1.54) is 5.56 Å². The molecule has 5 heteroatoms. The quantitative estimate of drug-likeness (QED) is 0.787. The van der Waals surface area contributed by atoms with E-state index in [1.54, 1.807) is 7.11 Å². The van der Waals surface area contributed by atoms with Gasteiger partial charge in [-0.05, 0) is 68.9 Å². The van der Waals surface area contributed by atoms with Crippen LogP contribution in [-0.4, -0.2) is 61.0 Å². The Labute approximate surface area is 174 Å². The maximum absolute atomic E-state index is 13.1. The zero-order valence-corrected chi connectivity index (χ0v) is 17.9. The van der Waals surface area contributed by atoms with Crippen molar-refractivity contribution >= 4 is 16.8 Å². The van der Waals surface area contributed by atoms with Gasteiger partial charge in [-0.25, -0.2) is 0 Å². The van der Waals surface area contributed by atoms with Crippen LogP contribution in [0.2, 0.25) is 0 Å². The number of ether oxygens (including phenoxy) is 1. The summed E-state index contributed by atoms with van der Waals surface area (Å²) in [7, 11) is 3.86. The molecule has 2 fully saturated rings. The molecule has 0 radical (unpaired) electrons. The highest BCUT2D eigenvalue weighted by molar-refractivity contribution is 5.88. The molecule has 1 aromatic heterocycles. The molecule has 2 saturated heterocycles. The minimum Gasteiger partial charge on any atom is -0.494 e. The molecule has 0 spiro atoms. The molecule has 0 bridgehead atoms. The molecule has 156 valence electrons. The van der Waals surface area contributed by atoms with Crippen molar-refractivity contribution in [3.63, 3.8) is 0 Å². The highest BCUT2D eigenvalue weighted by Gasteiger charge is 2.31. The minimum absolute atomic E-state index is 0.340. The van der Waals surface area contributed by atoms with Crippen LogP contribution in [0.25, 0.3) is 10.9 Å². The number of hydrogen-bond donors (Lipinski definition) is 0. The zero-order chi connectivity index (χ0) is 20.4. The summed E-state index contributed by atoms with van der Waals surface area (Å²) in [4.78, 5) is 22.2. The molecule has 3 heterocycles. The molecule has 0 saturated carbocycles. The van der Waals surface area contributed by atoms with Gasteiger partial charge in [0.1, 0.15) is 11.3 Å². The first-order valence-electron chi connectivity index (χ1n) is 10.9. The van der Waals surface area contributed by atoms with E-state index in [9.17, 15) is 4.79 Å². The Morgan fingerprint density at radius 1 is 1.21 bits per heavy atom. The number of amides is 1. The predicted molar refractivity (Wildman–Crippen MR) is 116 cm³/mol. The highest BCUT2D eigenvalue weighted by atomic mass is 16.5. The van der Waals surface area contributed by atoms with Gasteiger partial charge in [0.2, 0.25) is 5.91 Å². The van der Waals surface area contributed by atoms with Crippen LogP contribution in [0.1, 0.15) is 44.1 Å². The molecular formula is C24H33N3O2. The lowest BCUT2D eigenvalue weighted by molar-refractivity contribution is -0.134. The molecule has 0 unspecified atom stereocenters. The van der Waals surface area contributed by atoms with E-state index in [2.05, 4.69) is 40.9 Å². The van der Waals surface area contributed by atoms with Gasteiger partial charge in [0.15, 0.2) is 0 Å². The Morgan fingerprint density at radius 2 is 2.00 bits per heavy atom. The average Bonchev–Trinajstić information content (AvgIpc) is 2.74. The largest absolute Gasteiger partial charge is 0.494 e. The van der Waals surface area contributed by atoms with Gasteiger partial charge in [0.25, 0.3) is 0 Å². The second-order valence-corrected chi connectivity index (χ2v) is 9.04. The summed E-state index contributed by atoms with van der Waals surface area (Å²) in [6.45, 7) is 6.19. The molecule has 2 aromatic rings. The number of likely N-dealkylation sites (tertiary alicyclic amines) is 2. The molecule has 0 N–H and O–H groups in total. The predicted octanol–water partition coefficient (Wildman–Crippen LogP) is 3.93. The molecule has 4 rings (SSSR count). The van der Waals surface area contributed by atoms with Gasteiger partial charge in [0.05, 0.1) is 7.11 Å². The van der Waals surface area contributed by atoms with E-state index in [0.717, 1.165) is 62.1 Å². The average molecular weight is 396 g/mol. The molecule has 29 heavy (non-hydrogen) atoms. The molecular weight excluding hydrogens is 362 g/mol. The summed E-state index contributed by atoms with van der Waals surface area (Å²) < 4.78 is 5.51. The van der Waals surface area contributed by atoms with Crippen molar-refractivity contribution in [2.75, 3.05) is 40.3 Å². The van der Waals surface area contributed by atoms with Gasteiger partial charge in [0, 0.05) is 37.0 Å². The fourth-order valence-electron chi connectivity index (χ4n) is 5.11. The van der Waals surface area contributed by atoms with Crippen LogP contribution in [0.3, 0.4) is 0 Å². The standard InChI is InChI=1S/C24H33N3O2/c1-17-13-19(20-6-7-22(29-3)24-21(20)5-4-10-25-24)16-27(15-17)23(28)14-18-8-11-26(2)12-9-18/h4-7,10,17-19H,8-9,11-16H2,1-3H3/t17-,19+/m1/s1. The van der Waals surface area contributed by atoms with Crippen molar-refractivity contribution in [1.29, 1.82) is 0 Å². The molecule has 2 atom stereocenters. The van der Waals surface area contributed by atoms with Crippen LogP contribution in [0.15, 0.2) is 30.5 Å². The van der Waals surface area contributed by atoms with Gasteiger partial charge in [-0.1, -0.05) is 19.1 Å². The number of carbonyl (C=O) groups excluding carboxylic acids is 1. The fourth-order valence-corrected chi connectivity index (χ4v) is 5.11. The van der Waals surface area contributed by atoms with Gasteiger partial charge >= 0.3 is 0 Å². The normalized spacial score (nSPS) is 24.0. The lowest BCUT2D eigenvalue weighted by atomic mass is 9.83. The monoisotopic (exact) mass is 395 g/mol. The van der Waals surface area contributed by atoms with E-state index in [-0.39, 0.29) is 0 Å². The Hall–Kier alpha value is -2.14. The molecule has 5 nitrogen and oxygen atoms in total. The summed E-state index contributed by atoms with van der Waals surface area (Å²) in [6, 6.07) is 8.31. The number of rotatable bonds is 4. The lowest BCUT2D eigenvalue weighted by Gasteiger charge is -2.38. The maximum atomic E-state index is 13.1. The SMILES string of the molecule is COc1ccc([C@H]2C[C@@H](C)CN(C(=O)CC3CCN(C)CC3)C2)c2cccnc12. The van der Waals surface area contributed by atoms with Crippen LogP contribution >= 0.6 is 0 Å². The Morgan fingerprint density at radius 3 is 2.76 bits per heavy atom. The maximum Gasteiger partial charge on any atom is 0.222 e. The van der Waals surface area contributed by atoms with E-state index in [4.69, 9.17) is 4.74 Å². The van der Waals surface area contributed by atoms with Gasteiger partial charge in [-0.2, -0.15) is 0 Å². The number of benzene rings is 1. The number of carbonyl (C=O) groups is 1. The minimum atomic E-state index is 0.340. The van der Waals surface area contributed by atoms with Gasteiger partial charge < -0.3 is 14.5 Å². The second kappa shape index (κ2) is 8.70. The number of nitrogens with zero attached hydrogens (tertiary/aromatic N) is 3. The first-order chi connectivity index (χ1) is 14.0. The number of hydrogen-bond acceptors (Lipinski definition) is 4. The Bertz CT molecular complexity index is 860. The number of methoxy groups -OCH3 is 1. The summed E-state index contributed by atoms with van der Waals surface area (Å²) in [6.07, 6.45) is 5.91. The van der Waals surface area contributed by atoms with Crippen LogP contribution in [0.4, 0.5) is 0 Å². The van der Waals surface area contributed by atoms with E-state index in [1.807, 2.05) is 18.3 Å². The Kier molecular flexibility index (Phi) is 6.04. The second-order valence-electron chi connectivity index (χ2n) is 9.04. The van der Waals surface area contributed by atoms with Crippen molar-refractivity contribution in [2.24, 2.45) is 11.8 Å². The zero-order valence-electron chi connectivity index (χ0n) is 17.9. The molecule has 1 amide bonds. The third-order valence-electron chi connectivity index (χ3n) is 6.74. The molecule has 2 aliphatic heterocycles. The number of pyridine rings is 1. The number of piperidine rings is 2. The molecule has 1 aromatic carbocycles. The third kappa shape index (κ3) is 4.40. The van der Waals surface area contributed by atoms with Gasteiger partial charge in [-0.3, -0.25) is 9.78 Å². The first-order valence-corrected chi connectivity index (χ1v) is 10.9. The van der Waals surface area contributed by atoms with Crippen molar-refractivity contribution in [3.8, 4) is 5.75 Å². The van der Waals surface area contributed by atoms with Gasteiger partial charge in [-0.15, -0.1) is 0 Å². The molecule has 0 aliphatic carbocycles. The van der Waals surface area contributed by atoms with Crippen molar-refractivity contribution in [1.82, 2.24) is 14.8 Å². The fraction of sp³-hybridized carbons (Fsp3) is 0.583. The number of aromatic nitrogens is 1. The first kappa shape index (κ1) is 20.1. The van der Waals surface area contributed by atoms with Crippen LogP contribution in [0.5, 0.6) is 5.75 Å². The van der Waals surface area contributed by atoms with E-state index in [0.29, 0.717) is 30.1 Å². The van der Waals surface area contributed by atoms with E-state index >= 15 is 0 Å². The smallest absolute Gasteiger partial charge is 0.222 e. The number of fused-ring (bicyclic) bond motifs is 1. The van der Waals surface area contributed by atoms with Crippen molar-refractivity contribution in [3.05, 3.63) is 36.0 Å². The molecule has 2 aliphatic rings. The Balaban J connectivity index is 1.52. The van der Waals surface area contributed by atoms with Crippen LogP contribution in [0, 0.1) is 11.8 Å². The summed E-state index contributed by atoms with van der Waals surface area (Å²) >= 11 is 0. The highest BCUT2D eigenvalue weighted by Crippen LogP contribution is 2.37. The summed E-state index contributed by atoms with van der Waals surface area (Å²) in [5.74, 6) is 2.54.